The summed E-state index contributed by atoms with van der Waals surface area (Å²) >= 11 is 3.40. The van der Waals surface area contributed by atoms with E-state index in [-0.39, 0.29) is 17.5 Å². The lowest BCUT2D eigenvalue weighted by molar-refractivity contribution is 0.101. The molecular weight excluding hydrogens is 446 g/mol. The highest BCUT2D eigenvalue weighted by Crippen LogP contribution is 2.34. The largest absolute Gasteiger partial charge is 0.496 e. The number of carbonyl (C=O) groups is 2. The highest BCUT2D eigenvalue weighted by atomic mass is 79.9. The van der Waals surface area contributed by atoms with Crippen LogP contribution >= 0.6 is 15.9 Å². The van der Waals surface area contributed by atoms with E-state index in [0.29, 0.717) is 38.0 Å². The molecule has 0 atom stereocenters. The van der Waals surface area contributed by atoms with Gasteiger partial charge in [0.1, 0.15) is 11.3 Å². The van der Waals surface area contributed by atoms with Crippen LogP contribution in [-0.2, 0) is 0 Å². The fourth-order valence-corrected chi connectivity index (χ4v) is 3.82. The summed E-state index contributed by atoms with van der Waals surface area (Å²) in [7, 11) is 1.56. The molecule has 0 unspecified atom stereocenters. The van der Waals surface area contributed by atoms with Crippen molar-refractivity contribution in [2.45, 2.75) is 6.92 Å². The Hall–Kier alpha value is -3.38. The van der Waals surface area contributed by atoms with Gasteiger partial charge in [0.05, 0.1) is 17.3 Å². The third-order valence-corrected chi connectivity index (χ3v) is 5.46. The zero-order chi connectivity index (χ0) is 21.3. The van der Waals surface area contributed by atoms with E-state index in [1.807, 2.05) is 37.3 Å². The van der Waals surface area contributed by atoms with Gasteiger partial charge in [0.25, 0.3) is 5.91 Å². The number of amides is 1. The summed E-state index contributed by atoms with van der Waals surface area (Å²) < 4.78 is 11.7. The number of ether oxygens (including phenoxy) is 1. The van der Waals surface area contributed by atoms with Gasteiger partial charge in [-0.3, -0.25) is 9.59 Å². The van der Waals surface area contributed by atoms with Crippen molar-refractivity contribution < 1.29 is 18.7 Å². The molecule has 0 aliphatic heterocycles. The second-order valence-electron chi connectivity index (χ2n) is 6.75. The molecule has 0 bridgehead atoms. The van der Waals surface area contributed by atoms with Crippen LogP contribution in [0.1, 0.15) is 32.0 Å². The van der Waals surface area contributed by atoms with Crippen LogP contribution in [0, 0.1) is 6.92 Å². The molecule has 0 saturated heterocycles. The van der Waals surface area contributed by atoms with Gasteiger partial charge in [-0.25, -0.2) is 0 Å². The van der Waals surface area contributed by atoms with Gasteiger partial charge in [-0.15, -0.1) is 0 Å². The smallest absolute Gasteiger partial charge is 0.256 e. The molecule has 1 aromatic heterocycles. The minimum atomic E-state index is -0.338. The Balaban J connectivity index is 1.79. The third-order valence-electron chi connectivity index (χ3n) is 4.84. The number of aryl methyl sites for hydroxylation is 1. The number of halogens is 1. The van der Waals surface area contributed by atoms with Crippen LogP contribution in [0.2, 0.25) is 0 Å². The second-order valence-corrected chi connectivity index (χ2v) is 7.60. The standard InChI is InChI=1S/C24H18BrNO4/c1-14-7-3-4-8-16(14)24(28)26-21-17-9-5-6-10-19(17)30-23(21)22(27)15-11-12-20(29-2)18(25)13-15/h3-13H,1-2H3,(H,26,28). The summed E-state index contributed by atoms with van der Waals surface area (Å²) in [5.41, 5.74) is 2.67. The first-order valence-electron chi connectivity index (χ1n) is 9.26. The molecule has 0 aliphatic rings. The van der Waals surface area contributed by atoms with E-state index in [1.165, 1.54) is 0 Å². The second kappa shape index (κ2) is 8.16. The monoisotopic (exact) mass is 463 g/mol. The van der Waals surface area contributed by atoms with E-state index in [0.717, 1.165) is 5.56 Å². The van der Waals surface area contributed by atoms with E-state index in [9.17, 15) is 9.59 Å². The van der Waals surface area contributed by atoms with Crippen LogP contribution in [-0.4, -0.2) is 18.8 Å². The van der Waals surface area contributed by atoms with E-state index >= 15 is 0 Å². The van der Waals surface area contributed by atoms with E-state index in [1.54, 1.807) is 43.5 Å². The lowest BCUT2D eigenvalue weighted by Gasteiger charge is -2.09. The quantitative estimate of drug-likeness (QED) is 0.368. The number of hydrogen-bond donors (Lipinski definition) is 1. The molecule has 6 heteroatoms. The topological polar surface area (TPSA) is 68.5 Å². The predicted molar refractivity (Wildman–Crippen MR) is 119 cm³/mol. The number of ketones is 1. The Morgan fingerprint density at radius 3 is 2.47 bits per heavy atom. The van der Waals surface area contributed by atoms with E-state index < -0.39 is 0 Å². The fourth-order valence-electron chi connectivity index (χ4n) is 3.28. The van der Waals surface area contributed by atoms with Crippen LogP contribution in [0.15, 0.2) is 75.6 Å². The average Bonchev–Trinajstić information content (AvgIpc) is 3.11. The molecule has 1 heterocycles. The molecule has 0 radical (unpaired) electrons. The van der Waals surface area contributed by atoms with Crippen molar-refractivity contribution in [3.05, 3.63) is 93.7 Å². The van der Waals surface area contributed by atoms with Crippen molar-refractivity contribution in [1.82, 2.24) is 0 Å². The van der Waals surface area contributed by atoms with Crippen molar-refractivity contribution in [2.75, 3.05) is 12.4 Å². The first-order valence-corrected chi connectivity index (χ1v) is 10.1. The van der Waals surface area contributed by atoms with E-state index in [2.05, 4.69) is 21.2 Å². The molecule has 4 aromatic rings. The maximum atomic E-state index is 13.3. The zero-order valence-corrected chi connectivity index (χ0v) is 17.9. The maximum absolute atomic E-state index is 13.3. The molecule has 30 heavy (non-hydrogen) atoms. The molecule has 5 nitrogen and oxygen atoms in total. The molecule has 0 fully saturated rings. The van der Waals surface area contributed by atoms with Gasteiger partial charge in [0.2, 0.25) is 5.78 Å². The summed E-state index contributed by atoms with van der Waals surface area (Å²) in [5, 5.41) is 3.55. The van der Waals surface area contributed by atoms with Gasteiger partial charge in [-0.1, -0.05) is 30.3 Å². The summed E-state index contributed by atoms with van der Waals surface area (Å²) in [6.07, 6.45) is 0. The number of hydrogen-bond acceptors (Lipinski definition) is 4. The number of nitrogens with one attached hydrogen (secondary N) is 1. The zero-order valence-electron chi connectivity index (χ0n) is 16.4. The number of rotatable bonds is 5. The molecule has 0 saturated carbocycles. The molecule has 4 rings (SSSR count). The summed E-state index contributed by atoms with van der Waals surface area (Å²) in [5.74, 6) is 0.0543. The average molecular weight is 464 g/mol. The van der Waals surface area contributed by atoms with Gasteiger partial charge in [0, 0.05) is 16.5 Å². The van der Waals surface area contributed by atoms with Crippen molar-refractivity contribution in [3.8, 4) is 5.75 Å². The number of para-hydroxylation sites is 1. The van der Waals surface area contributed by atoms with Crippen LogP contribution < -0.4 is 10.1 Å². The molecule has 1 amide bonds. The normalized spacial score (nSPS) is 10.8. The molecular formula is C24H18BrNO4. The van der Waals surface area contributed by atoms with Crippen LogP contribution in [0.5, 0.6) is 5.75 Å². The van der Waals surface area contributed by atoms with Crippen LogP contribution in [0.3, 0.4) is 0 Å². The molecule has 150 valence electrons. The van der Waals surface area contributed by atoms with Crippen LogP contribution in [0.4, 0.5) is 5.69 Å². The van der Waals surface area contributed by atoms with Gasteiger partial charge in [-0.05, 0) is 64.8 Å². The molecule has 0 spiro atoms. The Bertz CT molecular complexity index is 1280. The SMILES string of the molecule is COc1ccc(C(=O)c2oc3ccccc3c2NC(=O)c2ccccc2C)cc1Br. The van der Waals surface area contributed by atoms with Crippen molar-refractivity contribution >= 4 is 44.3 Å². The Morgan fingerprint density at radius 2 is 1.73 bits per heavy atom. The lowest BCUT2D eigenvalue weighted by atomic mass is 10.1. The number of methoxy groups -OCH3 is 1. The molecule has 3 aromatic carbocycles. The summed E-state index contributed by atoms with van der Waals surface area (Å²) in [6.45, 7) is 1.86. The Labute approximate surface area is 181 Å². The number of carbonyl (C=O) groups excluding carboxylic acids is 2. The van der Waals surface area contributed by atoms with E-state index in [4.69, 9.17) is 9.15 Å². The third kappa shape index (κ3) is 3.62. The summed E-state index contributed by atoms with van der Waals surface area (Å²) in [6, 6.07) is 19.5. The van der Waals surface area contributed by atoms with Gasteiger partial charge in [-0.2, -0.15) is 0 Å². The fraction of sp³-hybridized carbons (Fsp3) is 0.0833. The summed E-state index contributed by atoms with van der Waals surface area (Å²) in [4.78, 5) is 26.2. The first-order chi connectivity index (χ1) is 14.5. The lowest BCUT2D eigenvalue weighted by Crippen LogP contribution is -2.15. The van der Waals surface area contributed by atoms with Crippen molar-refractivity contribution in [1.29, 1.82) is 0 Å². The molecule has 1 N–H and O–H groups in total. The van der Waals surface area contributed by atoms with Gasteiger partial charge >= 0.3 is 0 Å². The number of fused-ring (bicyclic) bond motifs is 1. The number of benzene rings is 3. The number of furan rings is 1. The van der Waals surface area contributed by atoms with Gasteiger partial charge < -0.3 is 14.5 Å². The van der Waals surface area contributed by atoms with Crippen LogP contribution in [0.25, 0.3) is 11.0 Å². The Morgan fingerprint density at radius 1 is 1.00 bits per heavy atom. The predicted octanol–water partition coefficient (Wildman–Crippen LogP) is 6.00. The number of anilines is 1. The Kier molecular flexibility index (Phi) is 5.42. The van der Waals surface area contributed by atoms with Gasteiger partial charge in [0.15, 0.2) is 5.76 Å². The van der Waals surface area contributed by atoms with Crippen molar-refractivity contribution in [2.24, 2.45) is 0 Å². The highest BCUT2D eigenvalue weighted by Gasteiger charge is 2.24. The minimum Gasteiger partial charge on any atom is -0.496 e. The van der Waals surface area contributed by atoms with Crippen molar-refractivity contribution in [3.63, 3.8) is 0 Å². The first kappa shape index (κ1) is 19.9. The minimum absolute atomic E-state index is 0.0789. The molecule has 0 aliphatic carbocycles. The maximum Gasteiger partial charge on any atom is 0.256 e. The highest BCUT2D eigenvalue weighted by molar-refractivity contribution is 9.10.